The molecule has 1 fully saturated rings. The second-order valence-electron chi connectivity index (χ2n) is 5.99. The molecule has 0 saturated carbocycles. The fourth-order valence-electron chi connectivity index (χ4n) is 2.85. The summed E-state index contributed by atoms with van der Waals surface area (Å²) < 4.78 is 6.35. The Kier molecular flexibility index (Phi) is 5.27. The van der Waals surface area contributed by atoms with Crippen molar-refractivity contribution in [2.24, 2.45) is 0 Å². The van der Waals surface area contributed by atoms with Crippen molar-refractivity contribution < 1.29 is 14.3 Å². The van der Waals surface area contributed by atoms with Crippen molar-refractivity contribution in [2.45, 2.75) is 25.4 Å². The third-order valence-corrected chi connectivity index (χ3v) is 4.22. The zero-order chi connectivity index (χ0) is 17.6. The van der Waals surface area contributed by atoms with E-state index in [-0.39, 0.29) is 18.0 Å². The molecule has 0 aliphatic carbocycles. The molecule has 2 amide bonds. The lowest BCUT2D eigenvalue weighted by atomic mass is 10.1. The Labute approximate surface area is 145 Å². The second-order valence-corrected chi connectivity index (χ2v) is 5.99. The van der Waals surface area contributed by atoms with Gasteiger partial charge in [0.1, 0.15) is 0 Å². The number of likely N-dealkylation sites (tertiary alicyclic amines) is 1. The van der Waals surface area contributed by atoms with Gasteiger partial charge in [-0.15, -0.1) is 5.10 Å². The van der Waals surface area contributed by atoms with Gasteiger partial charge >= 0.3 is 6.09 Å². The monoisotopic (exact) mass is 343 g/mol. The number of rotatable bonds is 4. The lowest BCUT2D eigenvalue weighted by molar-refractivity contribution is 0.0887. The fourth-order valence-corrected chi connectivity index (χ4v) is 2.85. The molecule has 0 bridgehead atoms. The van der Waals surface area contributed by atoms with Crippen LogP contribution in [0.25, 0.3) is 0 Å². The summed E-state index contributed by atoms with van der Waals surface area (Å²) in [5.41, 5.74) is 1.39. The number of amides is 2. The summed E-state index contributed by atoms with van der Waals surface area (Å²) in [6.07, 6.45) is 2.71. The van der Waals surface area contributed by atoms with Gasteiger partial charge in [-0.25, -0.2) is 9.48 Å². The number of hydrogen-bond acceptors (Lipinski definition) is 5. The molecule has 8 heteroatoms. The highest BCUT2D eigenvalue weighted by molar-refractivity contribution is 5.92. The molecule has 1 aliphatic heterocycles. The van der Waals surface area contributed by atoms with Crippen molar-refractivity contribution in [3.63, 3.8) is 0 Å². The molecular weight excluding hydrogens is 322 g/mol. The minimum absolute atomic E-state index is 0.0210. The van der Waals surface area contributed by atoms with Gasteiger partial charge in [0.15, 0.2) is 5.69 Å². The molecule has 2 heterocycles. The molecule has 1 saturated heterocycles. The molecule has 132 valence electrons. The van der Waals surface area contributed by atoms with E-state index in [1.807, 2.05) is 30.3 Å². The predicted octanol–water partition coefficient (Wildman–Crippen LogP) is 1.29. The molecule has 25 heavy (non-hydrogen) atoms. The van der Waals surface area contributed by atoms with Crippen molar-refractivity contribution in [1.29, 1.82) is 0 Å². The highest BCUT2D eigenvalue weighted by Gasteiger charge is 2.25. The van der Waals surface area contributed by atoms with Crippen LogP contribution in [0.2, 0.25) is 0 Å². The van der Waals surface area contributed by atoms with E-state index in [1.165, 1.54) is 7.11 Å². The zero-order valence-electron chi connectivity index (χ0n) is 14.1. The number of ether oxygens (including phenoxy) is 1. The summed E-state index contributed by atoms with van der Waals surface area (Å²) in [4.78, 5) is 25.4. The van der Waals surface area contributed by atoms with E-state index < -0.39 is 0 Å². The summed E-state index contributed by atoms with van der Waals surface area (Å²) in [6, 6.07) is 9.89. The smallest absolute Gasteiger partial charge is 0.409 e. The summed E-state index contributed by atoms with van der Waals surface area (Å²) in [7, 11) is 1.37. The SMILES string of the molecule is COC(=O)N1CCC(NC(=O)c2cn(Cc3ccccc3)nn2)CC1. The Balaban J connectivity index is 1.52. The van der Waals surface area contributed by atoms with Gasteiger partial charge < -0.3 is 15.0 Å². The number of piperidine rings is 1. The molecule has 3 rings (SSSR count). The van der Waals surface area contributed by atoms with Gasteiger partial charge in [-0.05, 0) is 18.4 Å². The maximum Gasteiger partial charge on any atom is 0.409 e. The van der Waals surface area contributed by atoms with Crippen LogP contribution in [0.5, 0.6) is 0 Å². The summed E-state index contributed by atoms with van der Waals surface area (Å²) in [6.45, 7) is 1.70. The second kappa shape index (κ2) is 7.78. The normalized spacial score (nSPS) is 15.0. The van der Waals surface area contributed by atoms with E-state index in [0.29, 0.717) is 38.2 Å². The Hall–Kier alpha value is -2.90. The first-order valence-corrected chi connectivity index (χ1v) is 8.23. The molecule has 0 atom stereocenters. The number of carbonyl (C=O) groups excluding carboxylic acids is 2. The van der Waals surface area contributed by atoms with Gasteiger partial charge in [0.05, 0.1) is 19.9 Å². The number of hydrogen-bond donors (Lipinski definition) is 1. The molecule has 0 unspecified atom stereocenters. The van der Waals surface area contributed by atoms with Crippen LogP contribution in [0.15, 0.2) is 36.5 Å². The Morgan fingerprint density at radius 3 is 2.64 bits per heavy atom. The molecule has 8 nitrogen and oxygen atoms in total. The molecule has 0 radical (unpaired) electrons. The van der Waals surface area contributed by atoms with Crippen LogP contribution in [0.3, 0.4) is 0 Å². The van der Waals surface area contributed by atoms with Crippen LogP contribution in [0.1, 0.15) is 28.9 Å². The van der Waals surface area contributed by atoms with Crippen LogP contribution in [0.4, 0.5) is 4.79 Å². The zero-order valence-corrected chi connectivity index (χ0v) is 14.1. The number of methoxy groups -OCH3 is 1. The highest BCUT2D eigenvalue weighted by Crippen LogP contribution is 2.12. The topological polar surface area (TPSA) is 89.4 Å². The lowest BCUT2D eigenvalue weighted by Crippen LogP contribution is -2.46. The first-order chi connectivity index (χ1) is 12.2. The maximum atomic E-state index is 12.3. The van der Waals surface area contributed by atoms with E-state index in [2.05, 4.69) is 15.6 Å². The first-order valence-electron chi connectivity index (χ1n) is 8.23. The van der Waals surface area contributed by atoms with Crippen molar-refractivity contribution in [1.82, 2.24) is 25.2 Å². The average Bonchev–Trinajstić information content (AvgIpc) is 3.11. The van der Waals surface area contributed by atoms with E-state index in [0.717, 1.165) is 5.56 Å². The van der Waals surface area contributed by atoms with Crippen molar-refractivity contribution >= 4 is 12.0 Å². The Bertz CT molecular complexity index is 723. The quantitative estimate of drug-likeness (QED) is 0.903. The van der Waals surface area contributed by atoms with Gasteiger partial charge in [-0.1, -0.05) is 35.5 Å². The first kappa shape index (κ1) is 16.9. The number of carbonyl (C=O) groups is 2. The minimum Gasteiger partial charge on any atom is -0.453 e. The van der Waals surface area contributed by atoms with Crippen LogP contribution >= 0.6 is 0 Å². The Morgan fingerprint density at radius 2 is 1.96 bits per heavy atom. The van der Waals surface area contributed by atoms with Crippen LogP contribution in [-0.2, 0) is 11.3 Å². The molecule has 1 N–H and O–H groups in total. The third-order valence-electron chi connectivity index (χ3n) is 4.22. The standard InChI is InChI=1S/C17H21N5O3/c1-25-17(24)21-9-7-14(8-10-21)18-16(23)15-12-22(20-19-15)11-13-5-3-2-4-6-13/h2-6,12,14H,7-11H2,1H3,(H,18,23). The van der Waals surface area contributed by atoms with Gasteiger partial charge in [-0.3, -0.25) is 4.79 Å². The van der Waals surface area contributed by atoms with Crippen molar-refractivity contribution in [3.05, 3.63) is 47.8 Å². The molecule has 1 aliphatic rings. The number of nitrogens with zero attached hydrogens (tertiary/aromatic N) is 4. The summed E-state index contributed by atoms with van der Waals surface area (Å²) in [5.74, 6) is -0.240. The van der Waals surface area contributed by atoms with Crippen LogP contribution < -0.4 is 5.32 Å². The molecule has 1 aromatic carbocycles. The largest absolute Gasteiger partial charge is 0.453 e. The molecular formula is C17H21N5O3. The summed E-state index contributed by atoms with van der Waals surface area (Å²) in [5, 5.41) is 10.9. The number of nitrogens with one attached hydrogen (secondary N) is 1. The lowest BCUT2D eigenvalue weighted by Gasteiger charge is -2.31. The van der Waals surface area contributed by atoms with Gasteiger partial charge in [0.25, 0.3) is 5.91 Å². The maximum absolute atomic E-state index is 12.3. The number of benzene rings is 1. The third kappa shape index (κ3) is 4.34. The van der Waals surface area contributed by atoms with Gasteiger partial charge in [0.2, 0.25) is 0 Å². The highest BCUT2D eigenvalue weighted by atomic mass is 16.5. The van der Waals surface area contributed by atoms with E-state index >= 15 is 0 Å². The van der Waals surface area contributed by atoms with E-state index in [4.69, 9.17) is 4.74 Å². The summed E-state index contributed by atoms with van der Waals surface area (Å²) >= 11 is 0. The van der Waals surface area contributed by atoms with Crippen molar-refractivity contribution in [3.8, 4) is 0 Å². The van der Waals surface area contributed by atoms with Crippen LogP contribution in [-0.4, -0.2) is 58.1 Å². The van der Waals surface area contributed by atoms with E-state index in [9.17, 15) is 9.59 Å². The van der Waals surface area contributed by atoms with Gasteiger partial charge in [0, 0.05) is 19.1 Å². The fraction of sp³-hybridized carbons (Fsp3) is 0.412. The molecule has 1 aromatic heterocycles. The van der Waals surface area contributed by atoms with E-state index in [1.54, 1.807) is 15.8 Å². The van der Waals surface area contributed by atoms with Gasteiger partial charge in [-0.2, -0.15) is 0 Å². The molecule has 0 spiro atoms. The molecule has 2 aromatic rings. The average molecular weight is 343 g/mol. The number of aromatic nitrogens is 3. The Morgan fingerprint density at radius 1 is 1.24 bits per heavy atom. The van der Waals surface area contributed by atoms with Crippen molar-refractivity contribution in [2.75, 3.05) is 20.2 Å². The predicted molar refractivity (Wildman–Crippen MR) is 90.0 cm³/mol. The van der Waals surface area contributed by atoms with Crippen LogP contribution in [0, 0.1) is 0 Å². The minimum atomic E-state index is -0.325.